The summed E-state index contributed by atoms with van der Waals surface area (Å²) in [5.41, 5.74) is 0. The van der Waals surface area contributed by atoms with E-state index in [1.165, 1.54) is 26.4 Å². The van der Waals surface area contributed by atoms with Crippen LogP contribution in [-0.4, -0.2) is 27.2 Å². The van der Waals surface area contributed by atoms with Crippen molar-refractivity contribution in [3.63, 3.8) is 0 Å². The van der Waals surface area contributed by atoms with E-state index in [-0.39, 0.29) is 6.61 Å². The minimum atomic E-state index is -4.12. The third-order valence-corrected chi connectivity index (χ3v) is 8.72. The first-order valence-electron chi connectivity index (χ1n) is 8.22. The SMILES string of the molecule is CCCCCCCCOP(=O)(O)O[Si](C)(OC)c1ccccc1. The predicted octanol–water partition coefficient (Wildman–Crippen LogP) is 4.11. The summed E-state index contributed by atoms with van der Waals surface area (Å²) in [6.45, 7) is 4.13. The van der Waals surface area contributed by atoms with Crippen LogP contribution >= 0.6 is 7.82 Å². The van der Waals surface area contributed by atoms with Gasteiger partial charge < -0.3 is 9.32 Å². The summed E-state index contributed by atoms with van der Waals surface area (Å²) in [6.07, 6.45) is 6.52. The summed E-state index contributed by atoms with van der Waals surface area (Å²) in [5, 5.41) is 0.792. The molecule has 0 amide bonds. The van der Waals surface area contributed by atoms with Crippen molar-refractivity contribution in [2.75, 3.05) is 13.7 Å². The number of hydrogen-bond donors (Lipinski definition) is 1. The number of phosphoric ester groups is 1. The van der Waals surface area contributed by atoms with Crippen LogP contribution in [0.5, 0.6) is 0 Å². The Morgan fingerprint density at radius 2 is 1.70 bits per heavy atom. The average Bonchev–Trinajstić information content (AvgIpc) is 2.54. The summed E-state index contributed by atoms with van der Waals surface area (Å²) < 4.78 is 28.1. The quantitative estimate of drug-likeness (QED) is 0.345. The minimum Gasteiger partial charge on any atom is -0.394 e. The Kier molecular flexibility index (Phi) is 9.28. The molecule has 7 heteroatoms. The lowest BCUT2D eigenvalue weighted by Crippen LogP contribution is -2.49. The van der Waals surface area contributed by atoms with Crippen LogP contribution < -0.4 is 5.19 Å². The molecule has 0 aliphatic carbocycles. The van der Waals surface area contributed by atoms with E-state index in [0.717, 1.165) is 24.4 Å². The first-order chi connectivity index (χ1) is 10.9. The Morgan fingerprint density at radius 3 is 2.30 bits per heavy atom. The molecule has 5 nitrogen and oxygen atoms in total. The second-order valence-corrected chi connectivity index (χ2v) is 10.5. The molecule has 0 spiro atoms. The molecular formula is C16H29O5PSi. The van der Waals surface area contributed by atoms with Crippen LogP contribution in [0.25, 0.3) is 0 Å². The largest absolute Gasteiger partial charge is 0.464 e. The first kappa shape index (κ1) is 20.6. The number of unbranched alkanes of at least 4 members (excludes halogenated alkanes) is 5. The summed E-state index contributed by atoms with van der Waals surface area (Å²) in [6, 6.07) is 9.25. The highest BCUT2D eigenvalue weighted by Gasteiger charge is 2.41. The normalized spacial score (nSPS) is 16.7. The van der Waals surface area contributed by atoms with E-state index in [4.69, 9.17) is 13.2 Å². The fourth-order valence-corrected chi connectivity index (χ4v) is 6.34. The number of hydrogen-bond acceptors (Lipinski definition) is 4. The van der Waals surface area contributed by atoms with E-state index in [2.05, 4.69) is 6.92 Å². The van der Waals surface area contributed by atoms with E-state index in [1.807, 2.05) is 30.3 Å². The van der Waals surface area contributed by atoms with Crippen molar-refractivity contribution in [1.82, 2.24) is 0 Å². The number of benzene rings is 1. The molecule has 0 bridgehead atoms. The molecular weight excluding hydrogens is 331 g/mol. The van der Waals surface area contributed by atoms with E-state index < -0.39 is 16.4 Å². The van der Waals surface area contributed by atoms with Gasteiger partial charge in [0.15, 0.2) is 0 Å². The van der Waals surface area contributed by atoms with Crippen molar-refractivity contribution in [2.24, 2.45) is 0 Å². The maximum Gasteiger partial charge on any atom is 0.464 e. The van der Waals surface area contributed by atoms with Crippen molar-refractivity contribution in [2.45, 2.75) is 52.0 Å². The van der Waals surface area contributed by atoms with Crippen LogP contribution in [-0.2, 0) is 17.7 Å². The predicted molar refractivity (Wildman–Crippen MR) is 94.9 cm³/mol. The van der Waals surface area contributed by atoms with Gasteiger partial charge in [-0.05, 0) is 18.2 Å². The molecule has 1 aromatic carbocycles. The maximum absolute atomic E-state index is 12.2. The Morgan fingerprint density at radius 1 is 1.09 bits per heavy atom. The summed E-state index contributed by atoms with van der Waals surface area (Å²) >= 11 is 0. The van der Waals surface area contributed by atoms with Crippen LogP contribution in [0.2, 0.25) is 6.55 Å². The third kappa shape index (κ3) is 7.74. The maximum atomic E-state index is 12.2. The van der Waals surface area contributed by atoms with E-state index in [0.29, 0.717) is 0 Å². The van der Waals surface area contributed by atoms with Gasteiger partial charge in [0.1, 0.15) is 0 Å². The van der Waals surface area contributed by atoms with Crippen LogP contribution in [0, 0.1) is 0 Å². The summed E-state index contributed by atoms with van der Waals surface area (Å²) in [7, 11) is -5.59. The first-order valence-corrected chi connectivity index (χ1v) is 12.0. The zero-order valence-electron chi connectivity index (χ0n) is 14.4. The van der Waals surface area contributed by atoms with Crippen molar-refractivity contribution in [1.29, 1.82) is 0 Å². The molecule has 1 rings (SSSR count). The standard InChI is InChI=1S/C16H29O5PSi/c1-4-5-6-7-8-12-15-20-22(17,18)21-23(3,19-2)16-13-10-9-11-14-16/h9-11,13-14H,4-8,12,15H2,1-3H3,(H,17,18). The highest BCUT2D eigenvalue weighted by atomic mass is 31.2. The average molecular weight is 360 g/mol. The van der Waals surface area contributed by atoms with Gasteiger partial charge in [0.05, 0.1) is 6.61 Å². The lowest BCUT2D eigenvalue weighted by atomic mass is 10.1. The molecule has 1 aromatic rings. The highest BCUT2D eigenvalue weighted by Crippen LogP contribution is 2.46. The van der Waals surface area contributed by atoms with Crippen molar-refractivity contribution >= 4 is 21.6 Å². The lowest BCUT2D eigenvalue weighted by Gasteiger charge is -2.27. The summed E-state index contributed by atoms with van der Waals surface area (Å²) in [4.78, 5) is 9.95. The van der Waals surface area contributed by atoms with Crippen molar-refractivity contribution in [3.8, 4) is 0 Å². The molecule has 0 saturated heterocycles. The van der Waals surface area contributed by atoms with Gasteiger partial charge in [-0.2, -0.15) is 0 Å². The lowest BCUT2D eigenvalue weighted by molar-refractivity contribution is 0.180. The second-order valence-electron chi connectivity index (χ2n) is 5.68. The Hall–Kier alpha value is -0.493. The van der Waals surface area contributed by atoms with Gasteiger partial charge in [-0.15, -0.1) is 0 Å². The molecule has 0 aromatic heterocycles. The van der Waals surface area contributed by atoms with Gasteiger partial charge in [0.2, 0.25) is 0 Å². The van der Waals surface area contributed by atoms with Crippen molar-refractivity contribution < 1.29 is 22.6 Å². The van der Waals surface area contributed by atoms with E-state index >= 15 is 0 Å². The Bertz CT molecular complexity index is 485. The molecule has 2 atom stereocenters. The smallest absolute Gasteiger partial charge is 0.394 e. The topological polar surface area (TPSA) is 65.0 Å². The third-order valence-electron chi connectivity index (χ3n) is 3.73. The zero-order valence-corrected chi connectivity index (χ0v) is 16.3. The zero-order chi connectivity index (χ0) is 17.2. The fraction of sp³-hybridized carbons (Fsp3) is 0.625. The van der Waals surface area contributed by atoms with Crippen LogP contribution in [0.4, 0.5) is 0 Å². The molecule has 0 heterocycles. The van der Waals surface area contributed by atoms with Gasteiger partial charge in [0, 0.05) is 7.11 Å². The van der Waals surface area contributed by atoms with Gasteiger partial charge in [0.25, 0.3) is 0 Å². The van der Waals surface area contributed by atoms with Gasteiger partial charge in [-0.3, -0.25) is 8.74 Å². The molecule has 0 fully saturated rings. The van der Waals surface area contributed by atoms with Gasteiger partial charge in [-0.1, -0.05) is 69.4 Å². The summed E-state index contributed by atoms with van der Waals surface area (Å²) in [5.74, 6) is 0. The molecule has 2 unspecified atom stereocenters. The van der Waals surface area contributed by atoms with E-state index in [1.54, 1.807) is 6.55 Å². The van der Waals surface area contributed by atoms with Crippen LogP contribution in [0.1, 0.15) is 45.4 Å². The van der Waals surface area contributed by atoms with Crippen LogP contribution in [0.15, 0.2) is 30.3 Å². The second kappa shape index (κ2) is 10.4. The van der Waals surface area contributed by atoms with Gasteiger partial charge >= 0.3 is 16.4 Å². The molecule has 132 valence electrons. The minimum absolute atomic E-state index is 0.225. The highest BCUT2D eigenvalue weighted by molar-refractivity contribution is 7.49. The Balaban J connectivity index is 2.45. The molecule has 0 saturated carbocycles. The van der Waals surface area contributed by atoms with Crippen LogP contribution in [0.3, 0.4) is 0 Å². The molecule has 0 radical (unpaired) electrons. The molecule has 23 heavy (non-hydrogen) atoms. The molecule has 0 aliphatic rings. The van der Waals surface area contributed by atoms with E-state index in [9.17, 15) is 9.46 Å². The molecule has 1 N–H and O–H groups in total. The monoisotopic (exact) mass is 360 g/mol. The van der Waals surface area contributed by atoms with Gasteiger partial charge in [-0.25, -0.2) is 4.57 Å². The fourth-order valence-electron chi connectivity index (χ4n) is 2.26. The van der Waals surface area contributed by atoms with Crippen molar-refractivity contribution in [3.05, 3.63) is 30.3 Å². The Labute approximate surface area is 140 Å². The number of phosphoric acid groups is 1. The number of rotatable bonds is 12. The molecule has 0 aliphatic heterocycles.